The van der Waals surface area contributed by atoms with Gasteiger partial charge in [0.05, 0.1) is 5.69 Å². The van der Waals surface area contributed by atoms with Gasteiger partial charge in [-0.25, -0.2) is 0 Å². The number of nitrogens with one attached hydrogen (secondary N) is 1. The number of aromatic nitrogens is 1. The van der Waals surface area contributed by atoms with Crippen molar-refractivity contribution in [3.8, 4) is 11.5 Å². The second-order valence-electron chi connectivity index (χ2n) is 8.42. The van der Waals surface area contributed by atoms with Gasteiger partial charge in [-0.2, -0.15) is 0 Å². The Morgan fingerprint density at radius 1 is 0.865 bits per heavy atom. The summed E-state index contributed by atoms with van der Waals surface area (Å²) in [5, 5.41) is 3.89. The van der Waals surface area contributed by atoms with Gasteiger partial charge in [0.25, 0.3) is 0 Å². The zero-order valence-electron chi connectivity index (χ0n) is 20.6. The Bertz CT molecular complexity index is 1320. The highest BCUT2D eigenvalue weighted by Gasteiger charge is 2.33. The molecular weight excluding hydrogens is 510 g/mol. The van der Waals surface area contributed by atoms with Crippen LogP contribution < -0.4 is 14.6 Å². The van der Waals surface area contributed by atoms with Crippen molar-refractivity contribution in [3.63, 3.8) is 0 Å². The van der Waals surface area contributed by atoms with Crippen LogP contribution in [-0.4, -0.2) is 18.2 Å². The number of nitrogens with zero attached hydrogens (tertiary/aromatic N) is 1. The van der Waals surface area contributed by atoms with Crippen LogP contribution in [0.5, 0.6) is 11.5 Å². The van der Waals surface area contributed by atoms with E-state index < -0.39 is 13.4 Å². The summed E-state index contributed by atoms with van der Waals surface area (Å²) < 4.78 is 18.6. The third-order valence-electron chi connectivity index (χ3n) is 5.49. The van der Waals surface area contributed by atoms with Gasteiger partial charge in [0.2, 0.25) is 5.91 Å². The van der Waals surface area contributed by atoms with E-state index in [1.807, 2.05) is 56.3 Å². The highest BCUT2D eigenvalue weighted by molar-refractivity contribution is 6.39. The Labute approximate surface area is 226 Å². The molecule has 9 heteroatoms. The van der Waals surface area contributed by atoms with Crippen molar-refractivity contribution in [2.75, 3.05) is 5.32 Å². The molecular formula is C28H25BCl2N2O4. The molecule has 1 heterocycles. The van der Waals surface area contributed by atoms with E-state index in [4.69, 9.17) is 37.2 Å². The molecule has 0 saturated carbocycles. The zero-order chi connectivity index (χ0) is 26.4. The largest absolute Gasteiger partial charge is 0.788 e. The maximum atomic E-state index is 11.4. The van der Waals surface area contributed by atoms with Crippen molar-refractivity contribution < 1.29 is 18.8 Å². The molecule has 0 aliphatic carbocycles. The maximum Gasteiger partial charge on any atom is 0.788 e. The molecule has 4 aromatic rings. The van der Waals surface area contributed by atoms with Gasteiger partial charge >= 0.3 is 7.32 Å². The van der Waals surface area contributed by atoms with Crippen molar-refractivity contribution in [1.29, 1.82) is 0 Å². The molecule has 1 amide bonds. The minimum atomic E-state index is -1.18. The molecule has 0 radical (unpaired) electrons. The molecule has 6 nitrogen and oxygen atoms in total. The molecule has 1 N–H and O–H groups in total. The number of pyridine rings is 1. The summed E-state index contributed by atoms with van der Waals surface area (Å²) in [6.45, 7) is 5.28. The van der Waals surface area contributed by atoms with Gasteiger partial charge in [-0.05, 0) is 79.1 Å². The summed E-state index contributed by atoms with van der Waals surface area (Å²) >= 11 is 12.6. The van der Waals surface area contributed by atoms with Crippen molar-refractivity contribution >= 4 is 42.1 Å². The lowest BCUT2D eigenvalue weighted by Gasteiger charge is -2.23. The number of carbonyl (C=O) groups excluding carboxylic acids is 1. The number of carbonyl (C=O) groups is 1. The predicted molar refractivity (Wildman–Crippen MR) is 147 cm³/mol. The Morgan fingerprint density at radius 3 is 1.95 bits per heavy atom. The molecule has 188 valence electrons. The first kappa shape index (κ1) is 26.5. The molecule has 37 heavy (non-hydrogen) atoms. The Balaban J connectivity index is 1.68. The van der Waals surface area contributed by atoms with Crippen LogP contribution in [0, 0.1) is 13.8 Å². The predicted octanol–water partition coefficient (Wildman–Crippen LogP) is 7.21. The van der Waals surface area contributed by atoms with Crippen molar-refractivity contribution in [2.45, 2.75) is 26.9 Å². The molecule has 1 unspecified atom stereocenters. The van der Waals surface area contributed by atoms with Gasteiger partial charge in [0.1, 0.15) is 17.6 Å². The lowest BCUT2D eigenvalue weighted by Crippen LogP contribution is -2.35. The Morgan fingerprint density at radius 2 is 1.46 bits per heavy atom. The van der Waals surface area contributed by atoms with E-state index in [1.165, 1.54) is 6.92 Å². The van der Waals surface area contributed by atoms with E-state index in [2.05, 4.69) is 10.3 Å². The maximum absolute atomic E-state index is 11.4. The number of hydrogen-bond donors (Lipinski definition) is 1. The van der Waals surface area contributed by atoms with Gasteiger partial charge in [-0.1, -0.05) is 53.5 Å². The molecule has 1 atom stereocenters. The molecule has 0 spiro atoms. The summed E-state index contributed by atoms with van der Waals surface area (Å²) in [5.41, 5.74) is 3.94. The summed E-state index contributed by atoms with van der Waals surface area (Å²) in [7, 11) is -1.18. The molecule has 0 aliphatic rings. The van der Waals surface area contributed by atoms with Gasteiger partial charge < -0.3 is 19.3 Å². The van der Waals surface area contributed by atoms with Crippen LogP contribution in [0.15, 0.2) is 85.1 Å². The number of anilines is 1. The van der Waals surface area contributed by atoms with Crippen LogP contribution in [0.25, 0.3) is 0 Å². The molecule has 0 fully saturated rings. The van der Waals surface area contributed by atoms with E-state index in [1.54, 1.807) is 42.6 Å². The van der Waals surface area contributed by atoms with E-state index in [0.717, 1.165) is 16.7 Å². The number of amides is 1. The Hall–Kier alpha value is -3.52. The average Bonchev–Trinajstić information content (AvgIpc) is 2.88. The fourth-order valence-electron chi connectivity index (χ4n) is 3.50. The summed E-state index contributed by atoms with van der Waals surface area (Å²) in [4.78, 5) is 15.9. The van der Waals surface area contributed by atoms with Crippen molar-refractivity contribution in [1.82, 2.24) is 4.98 Å². The zero-order valence-corrected chi connectivity index (χ0v) is 22.1. The van der Waals surface area contributed by atoms with Crippen LogP contribution >= 0.6 is 23.2 Å². The standard InChI is InChI=1S/C28H25BCl2N2O4/c1-18-7-13-23(16-25(18)30)35-29(36-24-14-8-19(2)26(31)17-24)37-28(27-6-4-5-15-32-27)21-9-11-22(12-10-21)33-20(3)34/h4-17,28H,1-3H3,(H,33,34). The third kappa shape index (κ3) is 7.26. The van der Waals surface area contributed by atoms with Crippen molar-refractivity contribution in [2.24, 2.45) is 0 Å². The Kier molecular flexibility index (Phi) is 8.72. The van der Waals surface area contributed by atoms with E-state index in [-0.39, 0.29) is 5.91 Å². The van der Waals surface area contributed by atoms with Crippen LogP contribution in [0.1, 0.15) is 35.4 Å². The van der Waals surface area contributed by atoms with E-state index >= 15 is 0 Å². The molecule has 4 rings (SSSR count). The summed E-state index contributed by atoms with van der Waals surface area (Å²) in [6, 6.07) is 23.6. The first-order valence-electron chi connectivity index (χ1n) is 11.6. The SMILES string of the molecule is CC(=O)Nc1ccc(C(OB(Oc2ccc(C)c(Cl)c2)Oc2ccc(C)c(Cl)c2)c2ccccn2)cc1. The first-order valence-corrected chi connectivity index (χ1v) is 12.3. The fourth-order valence-corrected chi connectivity index (χ4v) is 3.84. The lowest BCUT2D eigenvalue weighted by atomic mass is 10.0. The first-order chi connectivity index (χ1) is 17.8. The monoisotopic (exact) mass is 534 g/mol. The highest BCUT2D eigenvalue weighted by Crippen LogP contribution is 2.30. The normalized spacial score (nSPS) is 11.5. The van der Waals surface area contributed by atoms with Crippen LogP contribution in [0.4, 0.5) is 5.69 Å². The number of halogens is 2. The number of aryl methyl sites for hydroxylation is 2. The summed E-state index contributed by atoms with van der Waals surface area (Å²) in [5.74, 6) is 0.792. The second kappa shape index (κ2) is 12.1. The van der Waals surface area contributed by atoms with Gasteiger partial charge in [0, 0.05) is 28.9 Å². The van der Waals surface area contributed by atoms with Crippen LogP contribution in [-0.2, 0) is 9.45 Å². The molecule has 0 bridgehead atoms. The van der Waals surface area contributed by atoms with Gasteiger partial charge in [0.15, 0.2) is 0 Å². The number of rotatable bonds is 9. The lowest BCUT2D eigenvalue weighted by molar-refractivity contribution is -0.114. The smallest absolute Gasteiger partial charge is 0.501 e. The number of hydrogen-bond acceptors (Lipinski definition) is 5. The van der Waals surface area contributed by atoms with E-state index in [9.17, 15) is 4.79 Å². The molecule has 3 aromatic carbocycles. The topological polar surface area (TPSA) is 69.7 Å². The average molecular weight is 535 g/mol. The van der Waals surface area contributed by atoms with Crippen LogP contribution in [0.2, 0.25) is 10.0 Å². The number of benzene rings is 3. The second-order valence-corrected chi connectivity index (χ2v) is 9.23. The minimum absolute atomic E-state index is 0.152. The van der Waals surface area contributed by atoms with Crippen LogP contribution in [0.3, 0.4) is 0 Å². The quantitative estimate of drug-likeness (QED) is 0.230. The van der Waals surface area contributed by atoms with E-state index in [0.29, 0.717) is 32.9 Å². The van der Waals surface area contributed by atoms with Crippen molar-refractivity contribution in [3.05, 3.63) is 117 Å². The molecule has 0 saturated heterocycles. The molecule has 1 aromatic heterocycles. The highest BCUT2D eigenvalue weighted by atomic mass is 35.5. The molecule has 0 aliphatic heterocycles. The summed E-state index contributed by atoms with van der Waals surface area (Å²) in [6.07, 6.45) is 1.03. The third-order valence-corrected chi connectivity index (χ3v) is 6.30. The van der Waals surface area contributed by atoms with Gasteiger partial charge in [-0.3, -0.25) is 9.78 Å². The minimum Gasteiger partial charge on any atom is -0.501 e. The fraction of sp³-hybridized carbons (Fsp3) is 0.143. The van der Waals surface area contributed by atoms with Gasteiger partial charge in [-0.15, -0.1) is 0 Å².